The van der Waals surface area contributed by atoms with Crippen molar-refractivity contribution in [2.24, 2.45) is 0 Å². The van der Waals surface area contributed by atoms with E-state index in [4.69, 9.17) is 0 Å². The van der Waals surface area contributed by atoms with Crippen molar-refractivity contribution in [3.8, 4) is 11.1 Å². The lowest BCUT2D eigenvalue weighted by Gasteiger charge is -2.01. The quantitative estimate of drug-likeness (QED) is 0.695. The first-order valence-corrected chi connectivity index (χ1v) is 4.64. The number of hydrogen-bond donors (Lipinski definition) is 0. The summed E-state index contributed by atoms with van der Waals surface area (Å²) in [4.78, 5) is 19.1. The highest BCUT2D eigenvalue weighted by Gasteiger charge is 2.02. The van der Waals surface area contributed by atoms with Crippen LogP contribution in [-0.4, -0.2) is 15.8 Å². The van der Waals surface area contributed by atoms with Gasteiger partial charge in [-0.15, -0.1) is 0 Å². The van der Waals surface area contributed by atoms with Crippen molar-refractivity contribution in [2.75, 3.05) is 0 Å². The molecule has 0 aliphatic heterocycles. The van der Waals surface area contributed by atoms with Gasteiger partial charge in [-0.05, 0) is 18.6 Å². The maximum absolute atomic E-state index is 11.2. The van der Waals surface area contributed by atoms with Gasteiger partial charge in [0.1, 0.15) is 6.33 Å². The van der Waals surface area contributed by atoms with Crippen LogP contribution in [0.15, 0.2) is 43.0 Å². The molecule has 0 spiro atoms. The molecule has 0 N–H and O–H groups in total. The van der Waals surface area contributed by atoms with Crippen LogP contribution in [0.4, 0.5) is 0 Å². The molecule has 0 unspecified atom stereocenters. The third-order valence-electron chi connectivity index (χ3n) is 2.16. The van der Waals surface area contributed by atoms with Gasteiger partial charge in [-0.1, -0.05) is 18.2 Å². The highest BCUT2D eigenvalue weighted by molar-refractivity contribution is 5.95. The van der Waals surface area contributed by atoms with Gasteiger partial charge in [-0.3, -0.25) is 4.79 Å². The number of ketones is 1. The summed E-state index contributed by atoms with van der Waals surface area (Å²) >= 11 is 0. The summed E-state index contributed by atoms with van der Waals surface area (Å²) in [7, 11) is 0. The Morgan fingerprint density at radius 2 is 1.87 bits per heavy atom. The topological polar surface area (TPSA) is 42.9 Å². The molecule has 0 fully saturated rings. The van der Waals surface area contributed by atoms with Crippen LogP contribution in [0.2, 0.25) is 0 Å². The third-order valence-corrected chi connectivity index (χ3v) is 2.16. The number of Topliss-reactive ketones (excluding diaryl/α,β-unsaturated/α-hetero) is 1. The Morgan fingerprint density at radius 3 is 2.53 bits per heavy atom. The van der Waals surface area contributed by atoms with E-state index in [1.165, 1.54) is 6.33 Å². The first-order chi connectivity index (χ1) is 7.27. The van der Waals surface area contributed by atoms with Gasteiger partial charge in [0.15, 0.2) is 5.78 Å². The predicted octanol–water partition coefficient (Wildman–Crippen LogP) is 2.35. The summed E-state index contributed by atoms with van der Waals surface area (Å²) in [5, 5.41) is 0. The molecule has 2 rings (SSSR count). The SMILES string of the molecule is CC(=O)c1cccc(-c2cncnc2)c1. The van der Waals surface area contributed by atoms with Crippen molar-refractivity contribution >= 4 is 5.78 Å². The molecule has 15 heavy (non-hydrogen) atoms. The van der Waals surface area contributed by atoms with E-state index in [2.05, 4.69) is 9.97 Å². The second-order valence-corrected chi connectivity index (χ2v) is 3.26. The van der Waals surface area contributed by atoms with E-state index in [-0.39, 0.29) is 5.78 Å². The molecule has 2 aromatic rings. The summed E-state index contributed by atoms with van der Waals surface area (Å²) < 4.78 is 0. The van der Waals surface area contributed by atoms with Crippen LogP contribution in [0.5, 0.6) is 0 Å². The Hall–Kier alpha value is -2.03. The summed E-state index contributed by atoms with van der Waals surface area (Å²) in [6, 6.07) is 7.45. The number of carbonyl (C=O) groups is 1. The van der Waals surface area contributed by atoms with Gasteiger partial charge >= 0.3 is 0 Å². The minimum Gasteiger partial charge on any atom is -0.295 e. The van der Waals surface area contributed by atoms with Crippen LogP contribution in [0.3, 0.4) is 0 Å². The summed E-state index contributed by atoms with van der Waals surface area (Å²) in [5.74, 6) is 0.0636. The molecule has 0 saturated heterocycles. The Bertz CT molecular complexity index is 480. The summed E-state index contributed by atoms with van der Waals surface area (Å²) in [6.45, 7) is 1.56. The van der Waals surface area contributed by atoms with Crippen molar-refractivity contribution in [1.29, 1.82) is 0 Å². The molecule has 3 heteroatoms. The molecule has 74 valence electrons. The molecule has 0 saturated carbocycles. The minimum atomic E-state index is 0.0636. The lowest BCUT2D eigenvalue weighted by Crippen LogP contribution is -1.92. The second kappa shape index (κ2) is 4.00. The van der Waals surface area contributed by atoms with Crippen molar-refractivity contribution in [1.82, 2.24) is 9.97 Å². The van der Waals surface area contributed by atoms with Gasteiger partial charge in [0, 0.05) is 23.5 Å². The second-order valence-electron chi connectivity index (χ2n) is 3.26. The van der Waals surface area contributed by atoms with E-state index in [1.807, 2.05) is 18.2 Å². The normalized spacial score (nSPS) is 9.93. The van der Waals surface area contributed by atoms with Crippen molar-refractivity contribution < 1.29 is 4.79 Å². The lowest BCUT2D eigenvalue weighted by atomic mass is 10.0. The largest absolute Gasteiger partial charge is 0.295 e. The van der Waals surface area contributed by atoms with Crippen LogP contribution >= 0.6 is 0 Å². The summed E-state index contributed by atoms with van der Waals surface area (Å²) in [5.41, 5.74) is 2.58. The van der Waals surface area contributed by atoms with Crippen LogP contribution in [-0.2, 0) is 0 Å². The molecule has 0 amide bonds. The molecule has 0 aliphatic rings. The van der Waals surface area contributed by atoms with E-state index in [9.17, 15) is 4.79 Å². The molecular formula is C12H10N2O. The van der Waals surface area contributed by atoms with E-state index in [0.29, 0.717) is 5.56 Å². The molecule has 0 bridgehead atoms. The number of carbonyl (C=O) groups excluding carboxylic acids is 1. The number of hydrogen-bond acceptors (Lipinski definition) is 3. The van der Waals surface area contributed by atoms with E-state index >= 15 is 0 Å². The molecule has 0 atom stereocenters. The molecular weight excluding hydrogens is 188 g/mol. The highest BCUT2D eigenvalue weighted by atomic mass is 16.1. The number of aromatic nitrogens is 2. The fraction of sp³-hybridized carbons (Fsp3) is 0.0833. The van der Waals surface area contributed by atoms with Crippen LogP contribution < -0.4 is 0 Å². The zero-order valence-electron chi connectivity index (χ0n) is 8.34. The van der Waals surface area contributed by atoms with Crippen LogP contribution in [0.25, 0.3) is 11.1 Å². The number of benzene rings is 1. The molecule has 0 aliphatic carbocycles. The Labute approximate surface area is 87.8 Å². The first-order valence-electron chi connectivity index (χ1n) is 4.64. The minimum absolute atomic E-state index is 0.0636. The molecule has 3 nitrogen and oxygen atoms in total. The van der Waals surface area contributed by atoms with Crippen LogP contribution in [0.1, 0.15) is 17.3 Å². The molecule has 1 heterocycles. The van der Waals surface area contributed by atoms with E-state index in [0.717, 1.165) is 11.1 Å². The van der Waals surface area contributed by atoms with Crippen molar-refractivity contribution in [3.05, 3.63) is 48.5 Å². The monoisotopic (exact) mass is 198 g/mol. The summed E-state index contributed by atoms with van der Waals surface area (Å²) in [6.07, 6.45) is 4.94. The van der Waals surface area contributed by atoms with E-state index < -0.39 is 0 Å². The van der Waals surface area contributed by atoms with Gasteiger partial charge < -0.3 is 0 Å². The first kappa shape index (κ1) is 9.52. The number of nitrogens with zero attached hydrogens (tertiary/aromatic N) is 2. The molecule has 1 aromatic carbocycles. The number of rotatable bonds is 2. The average Bonchev–Trinajstić information content (AvgIpc) is 2.30. The van der Waals surface area contributed by atoms with Gasteiger partial charge in [0.25, 0.3) is 0 Å². The fourth-order valence-corrected chi connectivity index (χ4v) is 1.37. The van der Waals surface area contributed by atoms with Crippen LogP contribution in [0, 0.1) is 0 Å². The Balaban J connectivity index is 2.46. The lowest BCUT2D eigenvalue weighted by molar-refractivity contribution is 0.101. The predicted molar refractivity (Wildman–Crippen MR) is 57.5 cm³/mol. The third kappa shape index (κ3) is 2.07. The molecule has 0 radical (unpaired) electrons. The zero-order valence-corrected chi connectivity index (χ0v) is 8.34. The smallest absolute Gasteiger partial charge is 0.159 e. The maximum atomic E-state index is 11.2. The van der Waals surface area contributed by atoms with Gasteiger partial charge in [-0.25, -0.2) is 9.97 Å². The standard InChI is InChI=1S/C12H10N2O/c1-9(15)10-3-2-4-11(5-10)12-6-13-8-14-7-12/h2-8H,1H3. The van der Waals surface area contributed by atoms with Gasteiger partial charge in [0.2, 0.25) is 0 Å². The van der Waals surface area contributed by atoms with E-state index in [1.54, 1.807) is 25.4 Å². The maximum Gasteiger partial charge on any atom is 0.159 e. The molecule has 1 aromatic heterocycles. The highest BCUT2D eigenvalue weighted by Crippen LogP contribution is 2.18. The zero-order chi connectivity index (χ0) is 10.7. The Kier molecular flexibility index (Phi) is 2.54. The van der Waals surface area contributed by atoms with Crippen molar-refractivity contribution in [3.63, 3.8) is 0 Å². The fourth-order valence-electron chi connectivity index (χ4n) is 1.37. The van der Waals surface area contributed by atoms with Gasteiger partial charge in [0.05, 0.1) is 0 Å². The van der Waals surface area contributed by atoms with Crippen molar-refractivity contribution in [2.45, 2.75) is 6.92 Å². The Morgan fingerprint density at radius 1 is 1.13 bits per heavy atom. The average molecular weight is 198 g/mol. The van der Waals surface area contributed by atoms with Gasteiger partial charge in [-0.2, -0.15) is 0 Å².